The van der Waals surface area contributed by atoms with Gasteiger partial charge in [0.1, 0.15) is 6.61 Å². The lowest BCUT2D eigenvalue weighted by Gasteiger charge is -2.29. The molecule has 0 saturated heterocycles. The Balaban J connectivity index is 1.94. The van der Waals surface area contributed by atoms with E-state index >= 15 is 0 Å². The summed E-state index contributed by atoms with van der Waals surface area (Å²) in [7, 11) is 0. The van der Waals surface area contributed by atoms with Gasteiger partial charge in [0, 0.05) is 6.42 Å². The predicted octanol–water partition coefficient (Wildman–Crippen LogP) is 4.94. The van der Waals surface area contributed by atoms with Gasteiger partial charge in [-0.25, -0.2) is 0 Å². The van der Waals surface area contributed by atoms with E-state index in [0.717, 1.165) is 24.0 Å². The van der Waals surface area contributed by atoms with E-state index in [-0.39, 0.29) is 43.3 Å². The van der Waals surface area contributed by atoms with Crippen LogP contribution in [0, 0.1) is 11.8 Å². The van der Waals surface area contributed by atoms with Gasteiger partial charge in [-0.15, -0.1) is 13.2 Å². The molecule has 0 fully saturated rings. The smallest absolute Gasteiger partial charge is 0.309 e. The molecule has 3 N–H and O–H groups in total. The van der Waals surface area contributed by atoms with Crippen molar-refractivity contribution in [3.8, 4) is 0 Å². The lowest BCUT2D eigenvalue weighted by atomic mass is 9.94. The molecule has 0 aliphatic rings. The third-order valence-corrected chi connectivity index (χ3v) is 6.82. The Morgan fingerprint density at radius 2 is 1.54 bits per heavy atom. The van der Waals surface area contributed by atoms with Gasteiger partial charge in [0.15, 0.2) is 0 Å². The van der Waals surface area contributed by atoms with Gasteiger partial charge in [0.25, 0.3) is 0 Å². The number of aliphatic hydroxyl groups is 1. The van der Waals surface area contributed by atoms with Gasteiger partial charge in [0.05, 0.1) is 30.0 Å². The first-order chi connectivity index (χ1) is 19.7. The van der Waals surface area contributed by atoms with E-state index in [1.807, 2.05) is 66.7 Å². The molecule has 0 radical (unpaired) electrons. The van der Waals surface area contributed by atoms with Gasteiger partial charge in [-0.3, -0.25) is 14.4 Å². The number of allylic oxidation sites excluding steroid dienone is 2. The Morgan fingerprint density at radius 1 is 0.927 bits per heavy atom. The summed E-state index contributed by atoms with van der Waals surface area (Å²) in [5.74, 6) is -1.89. The van der Waals surface area contributed by atoms with Crippen LogP contribution in [-0.2, 0) is 32.0 Å². The molecule has 7 heteroatoms. The van der Waals surface area contributed by atoms with Crippen LogP contribution >= 0.6 is 0 Å². The Kier molecular flexibility index (Phi) is 14.6. The fourth-order valence-electron chi connectivity index (χ4n) is 4.61. The molecule has 2 aromatic rings. The lowest BCUT2D eigenvalue weighted by Crippen LogP contribution is -2.50. The highest BCUT2D eigenvalue weighted by atomic mass is 16.5. The molecule has 0 heterocycles. The number of esters is 1. The molecule has 0 spiro atoms. The lowest BCUT2D eigenvalue weighted by molar-refractivity contribution is -0.151. The highest BCUT2D eigenvalue weighted by molar-refractivity contribution is 5.86. The number of carbonyl (C=O) groups is 3. The largest absolute Gasteiger partial charge is 0.463 e. The first-order valence-corrected chi connectivity index (χ1v) is 14.4. The van der Waals surface area contributed by atoms with Gasteiger partial charge in [-0.05, 0) is 63.5 Å². The van der Waals surface area contributed by atoms with Crippen molar-refractivity contribution in [3.63, 3.8) is 0 Å². The van der Waals surface area contributed by atoms with Crippen molar-refractivity contribution in [2.24, 2.45) is 11.8 Å². The number of unbranched alkanes of at least 4 members (excludes halogenated alkanes) is 1. The van der Waals surface area contributed by atoms with Crippen LogP contribution in [0.5, 0.6) is 0 Å². The van der Waals surface area contributed by atoms with E-state index < -0.39 is 17.5 Å². The molecule has 3 atom stereocenters. The highest BCUT2D eigenvalue weighted by Crippen LogP contribution is 2.19. The summed E-state index contributed by atoms with van der Waals surface area (Å²) < 4.78 is 5.71. The number of hydrogen-bond acceptors (Lipinski definition) is 5. The Hall–Kier alpha value is -3.71. The number of ether oxygens (including phenoxy) is 1. The quantitative estimate of drug-likeness (QED) is 0.128. The molecule has 3 unspecified atom stereocenters. The molecule has 2 rings (SSSR count). The van der Waals surface area contributed by atoms with Gasteiger partial charge >= 0.3 is 5.97 Å². The zero-order valence-corrected chi connectivity index (χ0v) is 24.5. The number of benzene rings is 2. The van der Waals surface area contributed by atoms with E-state index in [2.05, 4.69) is 23.8 Å². The number of hydrogen-bond donors (Lipinski definition) is 3. The molecule has 41 heavy (non-hydrogen) atoms. The fourth-order valence-corrected chi connectivity index (χ4v) is 4.61. The number of rotatable bonds is 19. The minimum absolute atomic E-state index is 0.000981. The molecule has 222 valence electrons. The molecule has 0 bridgehead atoms. The first-order valence-electron chi connectivity index (χ1n) is 14.4. The van der Waals surface area contributed by atoms with Crippen LogP contribution in [-0.4, -0.2) is 47.7 Å². The molecule has 2 amide bonds. The zero-order chi connectivity index (χ0) is 30.1. The normalized spacial score (nSPS) is 13.3. The molecule has 0 saturated carbocycles. The summed E-state index contributed by atoms with van der Waals surface area (Å²) in [5, 5.41) is 15.5. The molecular formula is C34H46N2O5. The van der Waals surface area contributed by atoms with Gasteiger partial charge in [0.2, 0.25) is 11.8 Å². The summed E-state index contributed by atoms with van der Waals surface area (Å²) >= 11 is 0. The van der Waals surface area contributed by atoms with Crippen LogP contribution in [0.3, 0.4) is 0 Å². The maximum Gasteiger partial charge on any atom is 0.309 e. The number of amides is 2. The third kappa shape index (κ3) is 13.0. The van der Waals surface area contributed by atoms with Crippen LogP contribution in [0.15, 0.2) is 86.0 Å². The Bertz CT molecular complexity index is 1100. The van der Waals surface area contributed by atoms with Gasteiger partial charge in [-0.2, -0.15) is 0 Å². The Labute approximate surface area is 245 Å². The minimum Gasteiger partial charge on any atom is -0.463 e. The standard InChI is InChI=1S/C34H46N2O5/c1-5-7-10-20-29(21-26-16-11-8-12-17-26)33(40)41-25-34(3,4)36-32(39)28(15-6-2)23-31(38)35-30(24-37)22-27-18-13-9-14-19-27/h5-6,8-9,11-14,16-19,28-30,37H,1-2,7,10,15,20-25H2,3-4H3,(H,35,38)(H,36,39). The summed E-state index contributed by atoms with van der Waals surface area (Å²) in [6, 6.07) is 19.0. The maximum atomic E-state index is 13.2. The highest BCUT2D eigenvalue weighted by Gasteiger charge is 2.30. The maximum absolute atomic E-state index is 13.2. The van der Waals surface area contributed by atoms with Crippen LogP contribution < -0.4 is 10.6 Å². The van der Waals surface area contributed by atoms with E-state index in [1.54, 1.807) is 19.9 Å². The second-order valence-corrected chi connectivity index (χ2v) is 11.1. The number of nitrogens with one attached hydrogen (secondary N) is 2. The first kappa shape index (κ1) is 33.5. The van der Waals surface area contributed by atoms with Crippen LogP contribution in [0.4, 0.5) is 0 Å². The van der Waals surface area contributed by atoms with Crippen molar-refractivity contribution >= 4 is 17.8 Å². The molecule has 2 aromatic carbocycles. The third-order valence-electron chi connectivity index (χ3n) is 6.82. The van der Waals surface area contributed by atoms with Gasteiger partial charge < -0.3 is 20.5 Å². The average Bonchev–Trinajstić information content (AvgIpc) is 2.95. The predicted molar refractivity (Wildman–Crippen MR) is 163 cm³/mol. The van der Waals surface area contributed by atoms with Gasteiger partial charge in [-0.1, -0.05) is 72.8 Å². The van der Waals surface area contributed by atoms with Crippen molar-refractivity contribution < 1.29 is 24.2 Å². The molecular weight excluding hydrogens is 516 g/mol. The second kappa shape index (κ2) is 17.9. The van der Waals surface area contributed by atoms with Crippen molar-refractivity contribution in [3.05, 3.63) is 97.1 Å². The van der Waals surface area contributed by atoms with Crippen molar-refractivity contribution in [2.45, 2.75) is 70.4 Å². The van der Waals surface area contributed by atoms with Crippen molar-refractivity contribution in [1.82, 2.24) is 10.6 Å². The van der Waals surface area contributed by atoms with Crippen LogP contribution in [0.2, 0.25) is 0 Å². The molecule has 0 aromatic heterocycles. The summed E-state index contributed by atoms with van der Waals surface area (Å²) in [6.07, 6.45) is 7.11. The summed E-state index contributed by atoms with van der Waals surface area (Å²) in [4.78, 5) is 39.1. The van der Waals surface area contributed by atoms with Crippen molar-refractivity contribution in [1.29, 1.82) is 0 Å². The topological polar surface area (TPSA) is 105 Å². The van der Waals surface area contributed by atoms with Crippen molar-refractivity contribution in [2.75, 3.05) is 13.2 Å². The minimum atomic E-state index is -0.845. The van der Waals surface area contributed by atoms with Crippen LogP contribution in [0.25, 0.3) is 0 Å². The van der Waals surface area contributed by atoms with E-state index in [4.69, 9.17) is 4.74 Å². The zero-order valence-electron chi connectivity index (χ0n) is 24.5. The SMILES string of the molecule is C=CCCCC(Cc1ccccc1)C(=O)OCC(C)(C)NC(=O)C(CC=C)CC(=O)NC(CO)Cc1ccccc1. The summed E-state index contributed by atoms with van der Waals surface area (Å²) in [6.45, 7) is 10.9. The summed E-state index contributed by atoms with van der Waals surface area (Å²) in [5.41, 5.74) is 1.22. The Morgan fingerprint density at radius 3 is 2.10 bits per heavy atom. The van der Waals surface area contributed by atoms with E-state index in [0.29, 0.717) is 25.7 Å². The number of carbonyl (C=O) groups excluding carboxylic acids is 3. The monoisotopic (exact) mass is 562 g/mol. The average molecular weight is 563 g/mol. The fraction of sp³-hybridized carbons (Fsp3) is 0.441. The molecule has 0 aliphatic heterocycles. The number of aliphatic hydroxyl groups excluding tert-OH is 1. The van der Waals surface area contributed by atoms with Crippen LogP contribution in [0.1, 0.15) is 57.1 Å². The van der Waals surface area contributed by atoms with E-state index in [9.17, 15) is 19.5 Å². The molecule has 7 nitrogen and oxygen atoms in total. The van der Waals surface area contributed by atoms with E-state index in [1.165, 1.54) is 0 Å². The molecule has 0 aliphatic carbocycles. The second-order valence-electron chi connectivity index (χ2n) is 11.1.